The molecule has 62 valence electrons. The van der Waals surface area contributed by atoms with Crippen molar-refractivity contribution in [3.63, 3.8) is 0 Å². The van der Waals surface area contributed by atoms with Crippen LogP contribution in [0.3, 0.4) is 0 Å². The average Bonchev–Trinajstić information content (AvgIpc) is 2.06. The maximum Gasteiger partial charge on any atom is 0.119 e. The van der Waals surface area contributed by atoms with Gasteiger partial charge in [0.15, 0.2) is 0 Å². The molecule has 0 aliphatic carbocycles. The molecule has 2 heteroatoms. The molecule has 0 aliphatic heterocycles. The van der Waals surface area contributed by atoms with Gasteiger partial charge in [-0.2, -0.15) is 5.26 Å². The van der Waals surface area contributed by atoms with Crippen molar-refractivity contribution in [1.82, 2.24) is 0 Å². The third-order valence-electron chi connectivity index (χ3n) is 1.49. The molecule has 0 radical (unpaired) electrons. The number of rotatable bonds is 3. The maximum atomic E-state index is 8.45. The molecule has 2 nitrogen and oxygen atoms in total. The van der Waals surface area contributed by atoms with Crippen LogP contribution in [0.2, 0.25) is 0 Å². The van der Waals surface area contributed by atoms with Crippen LogP contribution in [0.5, 0.6) is 5.75 Å². The van der Waals surface area contributed by atoms with E-state index >= 15 is 0 Å². The highest BCUT2D eigenvalue weighted by Gasteiger charge is 1.94. The Morgan fingerprint density at radius 3 is 3.00 bits per heavy atom. The van der Waals surface area contributed by atoms with E-state index in [-0.39, 0.29) is 0 Å². The monoisotopic (exact) mass is 161 g/mol. The van der Waals surface area contributed by atoms with Crippen molar-refractivity contribution in [2.45, 2.75) is 13.3 Å². The van der Waals surface area contributed by atoms with E-state index in [1.807, 2.05) is 31.2 Å². The molecule has 0 amide bonds. The van der Waals surface area contributed by atoms with E-state index in [0.29, 0.717) is 13.0 Å². The van der Waals surface area contributed by atoms with Gasteiger partial charge in [-0.15, -0.1) is 0 Å². The fourth-order valence-electron chi connectivity index (χ4n) is 1.00. The second-order valence-electron chi connectivity index (χ2n) is 2.42. The zero-order valence-electron chi connectivity index (χ0n) is 7.08. The van der Waals surface area contributed by atoms with Gasteiger partial charge in [-0.25, -0.2) is 0 Å². The van der Waals surface area contributed by atoms with Gasteiger partial charge in [0.2, 0.25) is 0 Å². The number of nitriles is 1. The van der Waals surface area contributed by atoms with Gasteiger partial charge in [0, 0.05) is 0 Å². The molecule has 1 aromatic carbocycles. The van der Waals surface area contributed by atoms with Crippen LogP contribution in [0.4, 0.5) is 0 Å². The van der Waals surface area contributed by atoms with Gasteiger partial charge < -0.3 is 4.74 Å². The van der Waals surface area contributed by atoms with E-state index in [0.717, 1.165) is 11.3 Å². The topological polar surface area (TPSA) is 33.0 Å². The van der Waals surface area contributed by atoms with Gasteiger partial charge in [-0.05, 0) is 24.6 Å². The lowest BCUT2D eigenvalue weighted by Gasteiger charge is -2.02. The lowest BCUT2D eigenvalue weighted by atomic mass is 10.2. The van der Waals surface area contributed by atoms with Crippen molar-refractivity contribution in [2.75, 3.05) is 6.61 Å². The summed E-state index contributed by atoms with van der Waals surface area (Å²) in [4.78, 5) is 0. The number of ether oxygens (including phenoxy) is 1. The summed E-state index contributed by atoms with van der Waals surface area (Å²) >= 11 is 0. The van der Waals surface area contributed by atoms with E-state index in [9.17, 15) is 0 Å². The van der Waals surface area contributed by atoms with Gasteiger partial charge in [0.25, 0.3) is 0 Å². The van der Waals surface area contributed by atoms with Gasteiger partial charge >= 0.3 is 0 Å². The highest BCUT2D eigenvalue weighted by molar-refractivity contribution is 5.29. The molecule has 0 saturated heterocycles. The summed E-state index contributed by atoms with van der Waals surface area (Å²) in [6, 6.07) is 9.71. The summed E-state index contributed by atoms with van der Waals surface area (Å²) in [6.45, 7) is 2.60. The molecule has 0 aliphatic rings. The third kappa shape index (κ3) is 2.28. The van der Waals surface area contributed by atoms with Crippen molar-refractivity contribution in [1.29, 1.82) is 5.26 Å². The molecule has 0 atom stereocenters. The first-order valence-corrected chi connectivity index (χ1v) is 3.95. The van der Waals surface area contributed by atoms with Crippen molar-refractivity contribution in [3.8, 4) is 11.8 Å². The first-order chi connectivity index (χ1) is 5.86. The predicted octanol–water partition coefficient (Wildman–Crippen LogP) is 2.15. The van der Waals surface area contributed by atoms with Gasteiger partial charge in [0.1, 0.15) is 5.75 Å². The molecular formula is C10H11NO. The Labute approximate surface area is 72.4 Å². The van der Waals surface area contributed by atoms with Crippen LogP contribution in [-0.2, 0) is 6.42 Å². The van der Waals surface area contributed by atoms with Crippen molar-refractivity contribution >= 4 is 0 Å². The summed E-state index contributed by atoms with van der Waals surface area (Å²) in [5.74, 6) is 0.838. The molecule has 12 heavy (non-hydrogen) atoms. The fourth-order valence-corrected chi connectivity index (χ4v) is 1.00. The van der Waals surface area contributed by atoms with Crippen LogP contribution in [0.25, 0.3) is 0 Å². The molecule has 0 N–H and O–H groups in total. The quantitative estimate of drug-likeness (QED) is 0.680. The lowest BCUT2D eigenvalue weighted by Crippen LogP contribution is -1.91. The first-order valence-electron chi connectivity index (χ1n) is 3.95. The van der Waals surface area contributed by atoms with Crippen molar-refractivity contribution < 1.29 is 4.74 Å². The highest BCUT2D eigenvalue weighted by atomic mass is 16.5. The van der Waals surface area contributed by atoms with E-state index in [2.05, 4.69) is 6.07 Å². The Hall–Kier alpha value is -1.49. The smallest absolute Gasteiger partial charge is 0.119 e. The molecular weight excluding hydrogens is 150 g/mol. The van der Waals surface area contributed by atoms with Crippen LogP contribution in [-0.4, -0.2) is 6.61 Å². The second-order valence-corrected chi connectivity index (χ2v) is 2.42. The number of hydrogen-bond donors (Lipinski definition) is 0. The summed E-state index contributed by atoms with van der Waals surface area (Å²) in [5.41, 5.74) is 1.00. The van der Waals surface area contributed by atoms with E-state index < -0.39 is 0 Å². The molecule has 0 fully saturated rings. The maximum absolute atomic E-state index is 8.45. The van der Waals surface area contributed by atoms with Crippen LogP contribution >= 0.6 is 0 Å². The summed E-state index contributed by atoms with van der Waals surface area (Å²) < 4.78 is 5.28. The predicted molar refractivity (Wildman–Crippen MR) is 46.9 cm³/mol. The van der Waals surface area contributed by atoms with Gasteiger partial charge in [-0.1, -0.05) is 12.1 Å². The van der Waals surface area contributed by atoms with E-state index in [4.69, 9.17) is 10.00 Å². The van der Waals surface area contributed by atoms with Crippen LogP contribution in [0, 0.1) is 11.3 Å². The van der Waals surface area contributed by atoms with Crippen LogP contribution in [0.1, 0.15) is 12.5 Å². The van der Waals surface area contributed by atoms with Crippen LogP contribution in [0.15, 0.2) is 24.3 Å². The Bertz CT molecular complexity index is 288. The minimum Gasteiger partial charge on any atom is -0.494 e. The Balaban J connectivity index is 2.75. The summed E-state index contributed by atoms with van der Waals surface area (Å²) in [6.07, 6.45) is 0.445. The molecule has 1 rings (SSSR count). The molecule has 0 spiro atoms. The minimum atomic E-state index is 0.445. The Morgan fingerprint density at radius 2 is 2.33 bits per heavy atom. The van der Waals surface area contributed by atoms with E-state index in [1.165, 1.54) is 0 Å². The number of hydrogen-bond acceptors (Lipinski definition) is 2. The highest BCUT2D eigenvalue weighted by Crippen LogP contribution is 2.13. The lowest BCUT2D eigenvalue weighted by molar-refractivity contribution is 0.340. The molecule has 0 heterocycles. The third-order valence-corrected chi connectivity index (χ3v) is 1.49. The van der Waals surface area contributed by atoms with Gasteiger partial charge in [-0.3, -0.25) is 0 Å². The summed E-state index contributed by atoms with van der Waals surface area (Å²) in [5, 5.41) is 8.45. The van der Waals surface area contributed by atoms with Gasteiger partial charge in [0.05, 0.1) is 19.1 Å². The molecule has 1 aromatic rings. The standard InChI is InChI=1S/C10H11NO/c1-2-12-10-5-3-4-9(8-10)6-7-11/h3-5,8H,2,6H2,1H3. The fraction of sp³-hybridized carbons (Fsp3) is 0.300. The zero-order valence-corrected chi connectivity index (χ0v) is 7.08. The Morgan fingerprint density at radius 1 is 1.50 bits per heavy atom. The molecule has 0 unspecified atom stereocenters. The minimum absolute atomic E-state index is 0.445. The zero-order chi connectivity index (χ0) is 8.81. The number of benzene rings is 1. The van der Waals surface area contributed by atoms with Crippen molar-refractivity contribution in [2.24, 2.45) is 0 Å². The Kier molecular flexibility index (Phi) is 3.16. The molecule has 0 saturated carbocycles. The SMILES string of the molecule is CCOc1cccc(CC#N)c1. The number of nitrogens with zero attached hydrogens (tertiary/aromatic N) is 1. The normalized spacial score (nSPS) is 9.00. The first kappa shape index (κ1) is 8.61. The van der Waals surface area contributed by atoms with Crippen molar-refractivity contribution in [3.05, 3.63) is 29.8 Å². The van der Waals surface area contributed by atoms with Crippen LogP contribution < -0.4 is 4.74 Å². The largest absolute Gasteiger partial charge is 0.494 e. The molecule has 0 bridgehead atoms. The average molecular weight is 161 g/mol. The second kappa shape index (κ2) is 4.40. The molecule has 0 aromatic heterocycles. The van der Waals surface area contributed by atoms with E-state index in [1.54, 1.807) is 0 Å². The summed E-state index contributed by atoms with van der Waals surface area (Å²) in [7, 11) is 0.